The molecule has 0 aliphatic rings. The van der Waals surface area contributed by atoms with E-state index in [-0.39, 0.29) is 5.69 Å². The smallest absolute Gasteiger partial charge is 0.149 e. The predicted molar refractivity (Wildman–Crippen MR) is 81.3 cm³/mol. The number of hydrogen-bond donors (Lipinski definition) is 1. The Labute approximate surface area is 122 Å². The van der Waals surface area contributed by atoms with Crippen molar-refractivity contribution in [3.8, 4) is 0 Å². The van der Waals surface area contributed by atoms with Gasteiger partial charge in [-0.05, 0) is 30.7 Å². The second-order valence-corrected chi connectivity index (χ2v) is 5.10. The fraction of sp³-hybridized carbons (Fsp3) is 0.176. The molecular weight excluding hydrogens is 270 g/mol. The molecule has 21 heavy (non-hydrogen) atoms. The summed E-state index contributed by atoms with van der Waals surface area (Å²) < 4.78 is 29.4. The highest BCUT2D eigenvalue weighted by Gasteiger charge is 2.13. The standard InChI is InChI=1S/C17H16F2N2/c1-11-12-6-3-4-9-15(12)21(2)16(11)10-20-17-13(18)7-5-8-14(17)19/h3-9,20H,10H2,1-2H3. The lowest BCUT2D eigenvalue weighted by Crippen LogP contribution is -2.08. The fourth-order valence-electron chi connectivity index (χ4n) is 2.73. The van der Waals surface area contributed by atoms with Gasteiger partial charge in [0.1, 0.15) is 17.3 Å². The van der Waals surface area contributed by atoms with Gasteiger partial charge in [-0.15, -0.1) is 0 Å². The van der Waals surface area contributed by atoms with Gasteiger partial charge in [0.2, 0.25) is 0 Å². The number of aromatic nitrogens is 1. The molecule has 0 spiro atoms. The van der Waals surface area contributed by atoms with Crippen molar-refractivity contribution < 1.29 is 8.78 Å². The number of halogens is 2. The van der Waals surface area contributed by atoms with Gasteiger partial charge in [0.05, 0.1) is 6.54 Å². The van der Waals surface area contributed by atoms with Gasteiger partial charge >= 0.3 is 0 Å². The third-order valence-electron chi connectivity index (χ3n) is 3.90. The first-order chi connectivity index (χ1) is 10.1. The molecule has 2 nitrogen and oxygen atoms in total. The van der Waals surface area contributed by atoms with E-state index in [2.05, 4.69) is 16.0 Å². The molecule has 0 unspecified atom stereocenters. The van der Waals surface area contributed by atoms with Crippen LogP contribution in [0.1, 0.15) is 11.3 Å². The maximum atomic E-state index is 13.6. The number of benzene rings is 2. The minimum atomic E-state index is -0.577. The maximum absolute atomic E-state index is 13.6. The van der Waals surface area contributed by atoms with Crippen molar-refractivity contribution in [1.29, 1.82) is 0 Å². The SMILES string of the molecule is Cc1c(CNc2c(F)cccc2F)n(C)c2ccccc12. The second-order valence-electron chi connectivity index (χ2n) is 5.10. The molecule has 2 aromatic carbocycles. The van der Waals surface area contributed by atoms with Gasteiger partial charge in [-0.1, -0.05) is 24.3 Å². The molecule has 1 N–H and O–H groups in total. The highest BCUT2D eigenvalue weighted by Crippen LogP contribution is 2.26. The van der Waals surface area contributed by atoms with E-state index in [1.165, 1.54) is 18.2 Å². The van der Waals surface area contributed by atoms with E-state index in [4.69, 9.17) is 0 Å². The number of nitrogens with zero attached hydrogens (tertiary/aromatic N) is 1. The van der Waals surface area contributed by atoms with Crippen molar-refractivity contribution >= 4 is 16.6 Å². The lowest BCUT2D eigenvalue weighted by molar-refractivity contribution is 0.587. The molecule has 1 aromatic heterocycles. The van der Waals surface area contributed by atoms with Crippen molar-refractivity contribution in [3.63, 3.8) is 0 Å². The normalized spacial score (nSPS) is 11.0. The number of hydrogen-bond acceptors (Lipinski definition) is 1. The van der Waals surface area contributed by atoms with E-state index in [9.17, 15) is 8.78 Å². The molecule has 0 atom stereocenters. The third kappa shape index (κ3) is 2.27. The molecule has 0 bridgehead atoms. The van der Waals surface area contributed by atoms with Crippen LogP contribution in [0.4, 0.5) is 14.5 Å². The average molecular weight is 286 g/mol. The van der Waals surface area contributed by atoms with Gasteiger partial charge < -0.3 is 9.88 Å². The summed E-state index contributed by atoms with van der Waals surface area (Å²) in [5.41, 5.74) is 3.17. The molecule has 1 heterocycles. The first kappa shape index (κ1) is 13.6. The molecule has 0 amide bonds. The van der Waals surface area contributed by atoms with E-state index < -0.39 is 11.6 Å². The van der Waals surface area contributed by atoms with Crippen LogP contribution in [-0.4, -0.2) is 4.57 Å². The van der Waals surface area contributed by atoms with Crippen LogP contribution in [-0.2, 0) is 13.6 Å². The summed E-state index contributed by atoms with van der Waals surface area (Å²) in [6, 6.07) is 11.9. The Kier molecular flexibility index (Phi) is 3.37. The Hall–Kier alpha value is -2.36. The summed E-state index contributed by atoms with van der Waals surface area (Å²) in [6.07, 6.45) is 0. The van der Waals surface area contributed by atoms with Crippen LogP contribution in [0.2, 0.25) is 0 Å². The van der Waals surface area contributed by atoms with Crippen LogP contribution in [0.25, 0.3) is 10.9 Å². The zero-order chi connectivity index (χ0) is 15.0. The van der Waals surface area contributed by atoms with Crippen LogP contribution in [0.15, 0.2) is 42.5 Å². The molecule has 3 rings (SSSR count). The zero-order valence-corrected chi connectivity index (χ0v) is 12.0. The van der Waals surface area contributed by atoms with E-state index in [1.54, 1.807) is 0 Å². The number of fused-ring (bicyclic) bond motifs is 1. The molecule has 108 valence electrons. The number of nitrogens with one attached hydrogen (secondary N) is 1. The minimum absolute atomic E-state index is 0.0813. The Balaban J connectivity index is 1.96. The van der Waals surface area contributed by atoms with E-state index in [0.717, 1.165) is 22.2 Å². The van der Waals surface area contributed by atoms with Crippen molar-refractivity contribution in [2.24, 2.45) is 7.05 Å². The van der Waals surface area contributed by atoms with Crippen molar-refractivity contribution in [2.75, 3.05) is 5.32 Å². The van der Waals surface area contributed by atoms with Crippen molar-refractivity contribution in [1.82, 2.24) is 4.57 Å². The molecule has 0 aliphatic heterocycles. The van der Waals surface area contributed by atoms with E-state index in [1.807, 2.05) is 32.2 Å². The quantitative estimate of drug-likeness (QED) is 0.756. The van der Waals surface area contributed by atoms with Gasteiger partial charge in [-0.25, -0.2) is 8.78 Å². The van der Waals surface area contributed by atoms with Crippen LogP contribution in [0.5, 0.6) is 0 Å². The number of para-hydroxylation sites is 2. The Morgan fingerprint density at radius 2 is 1.67 bits per heavy atom. The van der Waals surface area contributed by atoms with Crippen LogP contribution >= 0.6 is 0 Å². The highest BCUT2D eigenvalue weighted by atomic mass is 19.1. The number of rotatable bonds is 3. The molecule has 0 fully saturated rings. The summed E-state index contributed by atoms with van der Waals surface area (Å²) in [4.78, 5) is 0. The zero-order valence-electron chi connectivity index (χ0n) is 12.0. The topological polar surface area (TPSA) is 17.0 Å². The van der Waals surface area contributed by atoms with Crippen molar-refractivity contribution in [3.05, 3.63) is 65.4 Å². The summed E-state index contributed by atoms with van der Waals surface area (Å²) in [7, 11) is 1.96. The Bertz CT molecular complexity index is 747. The minimum Gasteiger partial charge on any atom is -0.375 e. The summed E-state index contributed by atoms with van der Waals surface area (Å²) in [5, 5.41) is 4.03. The molecule has 0 saturated heterocycles. The molecular formula is C17H16F2N2. The highest BCUT2D eigenvalue weighted by molar-refractivity contribution is 5.85. The maximum Gasteiger partial charge on any atom is 0.149 e. The largest absolute Gasteiger partial charge is 0.375 e. The first-order valence-electron chi connectivity index (χ1n) is 6.80. The second kappa shape index (κ2) is 5.20. The van der Waals surface area contributed by atoms with Gasteiger partial charge in [0.15, 0.2) is 0 Å². The molecule has 0 saturated carbocycles. The summed E-state index contributed by atoms with van der Waals surface area (Å²) in [6.45, 7) is 2.39. The van der Waals surface area contributed by atoms with Gasteiger partial charge in [0.25, 0.3) is 0 Å². The Morgan fingerprint density at radius 3 is 2.33 bits per heavy atom. The number of aryl methyl sites for hydroxylation is 2. The molecule has 0 radical (unpaired) electrons. The van der Waals surface area contributed by atoms with Crippen LogP contribution in [0.3, 0.4) is 0 Å². The monoisotopic (exact) mass is 286 g/mol. The molecule has 0 aliphatic carbocycles. The summed E-state index contributed by atoms with van der Waals surface area (Å²) in [5.74, 6) is -1.15. The van der Waals surface area contributed by atoms with E-state index >= 15 is 0 Å². The van der Waals surface area contributed by atoms with Crippen LogP contribution < -0.4 is 5.32 Å². The van der Waals surface area contributed by atoms with E-state index in [0.29, 0.717) is 6.54 Å². The van der Waals surface area contributed by atoms with Gasteiger partial charge in [0, 0.05) is 23.6 Å². The number of anilines is 1. The third-order valence-corrected chi connectivity index (χ3v) is 3.90. The van der Waals surface area contributed by atoms with Crippen molar-refractivity contribution in [2.45, 2.75) is 13.5 Å². The molecule has 3 aromatic rings. The average Bonchev–Trinajstić information content (AvgIpc) is 2.72. The van der Waals surface area contributed by atoms with Gasteiger partial charge in [-0.3, -0.25) is 0 Å². The summed E-state index contributed by atoms with van der Waals surface area (Å²) >= 11 is 0. The first-order valence-corrected chi connectivity index (χ1v) is 6.80. The predicted octanol–water partition coefficient (Wildman–Crippen LogP) is 4.38. The molecule has 4 heteroatoms. The Morgan fingerprint density at radius 1 is 1.00 bits per heavy atom. The van der Waals surface area contributed by atoms with Crippen LogP contribution in [0, 0.1) is 18.6 Å². The fourth-order valence-corrected chi connectivity index (χ4v) is 2.73. The lowest BCUT2D eigenvalue weighted by atomic mass is 10.1. The van der Waals surface area contributed by atoms with Gasteiger partial charge in [-0.2, -0.15) is 0 Å². The lowest BCUT2D eigenvalue weighted by Gasteiger charge is -2.10.